The fourth-order valence-corrected chi connectivity index (χ4v) is 3.02. The summed E-state index contributed by atoms with van der Waals surface area (Å²) < 4.78 is 5.38. The highest BCUT2D eigenvalue weighted by molar-refractivity contribution is 5.78. The van der Waals surface area contributed by atoms with Crippen molar-refractivity contribution in [1.82, 2.24) is 15.1 Å². The van der Waals surface area contributed by atoms with Crippen molar-refractivity contribution in [2.75, 3.05) is 62.3 Å². The van der Waals surface area contributed by atoms with Crippen molar-refractivity contribution >= 4 is 17.4 Å². The van der Waals surface area contributed by atoms with Crippen LogP contribution in [-0.4, -0.2) is 73.5 Å². The number of piperazine rings is 1. The maximum Gasteiger partial charge on any atom is 0.225 e. The van der Waals surface area contributed by atoms with Crippen molar-refractivity contribution in [2.45, 2.75) is 13.8 Å². The zero-order valence-corrected chi connectivity index (χ0v) is 13.9. The molecule has 0 radical (unpaired) electrons. The lowest BCUT2D eigenvalue weighted by atomic mass is 10.1. The van der Waals surface area contributed by atoms with Gasteiger partial charge in [0.25, 0.3) is 0 Å². The second-order valence-electron chi connectivity index (χ2n) is 6.34. The van der Waals surface area contributed by atoms with Gasteiger partial charge in [-0.3, -0.25) is 4.79 Å². The van der Waals surface area contributed by atoms with E-state index in [1.807, 2.05) is 24.9 Å². The average Bonchev–Trinajstić information content (AvgIpc) is 2.62. The van der Waals surface area contributed by atoms with E-state index in [2.05, 4.69) is 26.1 Å². The van der Waals surface area contributed by atoms with E-state index < -0.39 is 0 Å². The van der Waals surface area contributed by atoms with Gasteiger partial charge in [0.05, 0.1) is 25.1 Å². The molecule has 2 aliphatic rings. The zero-order valence-electron chi connectivity index (χ0n) is 13.9. The quantitative estimate of drug-likeness (QED) is 0.814. The van der Waals surface area contributed by atoms with Gasteiger partial charge in [0, 0.05) is 51.3 Å². The lowest BCUT2D eigenvalue weighted by Crippen LogP contribution is -2.50. The van der Waals surface area contributed by atoms with Crippen LogP contribution in [0.2, 0.25) is 0 Å². The second kappa shape index (κ2) is 7.12. The molecule has 2 fully saturated rings. The van der Waals surface area contributed by atoms with Crippen molar-refractivity contribution in [3.63, 3.8) is 0 Å². The first kappa shape index (κ1) is 16.0. The molecule has 3 heterocycles. The van der Waals surface area contributed by atoms with Gasteiger partial charge in [-0.1, -0.05) is 13.8 Å². The summed E-state index contributed by atoms with van der Waals surface area (Å²) in [5, 5.41) is 8.42. The molecule has 0 unspecified atom stereocenters. The maximum absolute atomic E-state index is 12.1. The van der Waals surface area contributed by atoms with E-state index in [9.17, 15) is 4.79 Å². The summed E-state index contributed by atoms with van der Waals surface area (Å²) in [7, 11) is 0. The normalized spacial score (nSPS) is 19.3. The van der Waals surface area contributed by atoms with Crippen molar-refractivity contribution in [2.24, 2.45) is 5.92 Å². The minimum Gasteiger partial charge on any atom is -0.378 e. The Balaban J connectivity index is 1.63. The molecule has 0 aliphatic carbocycles. The van der Waals surface area contributed by atoms with E-state index >= 15 is 0 Å². The molecule has 0 bridgehead atoms. The van der Waals surface area contributed by atoms with E-state index in [1.54, 1.807) is 0 Å². The highest BCUT2D eigenvalue weighted by Gasteiger charge is 2.23. The van der Waals surface area contributed by atoms with Crippen molar-refractivity contribution in [1.29, 1.82) is 0 Å². The molecule has 2 saturated heterocycles. The number of rotatable bonds is 3. The number of morpholine rings is 1. The van der Waals surface area contributed by atoms with Crippen molar-refractivity contribution < 1.29 is 9.53 Å². The van der Waals surface area contributed by atoms with E-state index in [4.69, 9.17) is 4.74 Å². The van der Waals surface area contributed by atoms with Crippen LogP contribution < -0.4 is 9.80 Å². The van der Waals surface area contributed by atoms with Crippen LogP contribution in [-0.2, 0) is 9.53 Å². The third-order valence-electron chi connectivity index (χ3n) is 4.41. The third-order valence-corrected chi connectivity index (χ3v) is 4.41. The van der Waals surface area contributed by atoms with Gasteiger partial charge in [-0.15, -0.1) is 5.10 Å². The van der Waals surface area contributed by atoms with Crippen LogP contribution in [0.3, 0.4) is 0 Å². The van der Waals surface area contributed by atoms with Crippen molar-refractivity contribution in [3.8, 4) is 0 Å². The average molecular weight is 319 g/mol. The van der Waals surface area contributed by atoms with Crippen LogP contribution in [0.1, 0.15) is 13.8 Å². The fraction of sp³-hybridized carbons (Fsp3) is 0.688. The number of hydrogen-bond acceptors (Lipinski definition) is 6. The molecule has 126 valence electrons. The van der Waals surface area contributed by atoms with Crippen LogP contribution >= 0.6 is 0 Å². The molecule has 1 aromatic heterocycles. The maximum atomic E-state index is 12.1. The largest absolute Gasteiger partial charge is 0.378 e. The van der Waals surface area contributed by atoms with Gasteiger partial charge < -0.3 is 19.4 Å². The second-order valence-corrected chi connectivity index (χ2v) is 6.34. The van der Waals surface area contributed by atoms with E-state index in [-0.39, 0.29) is 11.8 Å². The highest BCUT2D eigenvalue weighted by atomic mass is 16.5. The minimum absolute atomic E-state index is 0.0667. The summed E-state index contributed by atoms with van der Waals surface area (Å²) in [6.45, 7) is 10.3. The Morgan fingerprint density at radius 1 is 1.09 bits per heavy atom. The SMILES string of the molecule is CC(C)C(=O)N1CCN(c2cnnc(N3CCOCC3)c2)CC1. The first-order valence-electron chi connectivity index (χ1n) is 8.34. The van der Waals surface area contributed by atoms with Gasteiger partial charge in [-0.2, -0.15) is 5.10 Å². The van der Waals surface area contributed by atoms with Gasteiger partial charge in [-0.25, -0.2) is 0 Å². The zero-order chi connectivity index (χ0) is 16.2. The van der Waals surface area contributed by atoms with E-state index in [0.717, 1.165) is 64.0 Å². The monoisotopic (exact) mass is 319 g/mol. The Bertz CT molecular complexity index is 537. The topological polar surface area (TPSA) is 61.8 Å². The molecule has 0 aromatic carbocycles. The fourth-order valence-electron chi connectivity index (χ4n) is 3.02. The molecule has 7 nitrogen and oxygen atoms in total. The van der Waals surface area contributed by atoms with Gasteiger partial charge >= 0.3 is 0 Å². The number of amides is 1. The summed E-state index contributed by atoms with van der Waals surface area (Å²) >= 11 is 0. The molecule has 0 saturated carbocycles. The van der Waals surface area contributed by atoms with Crippen LogP contribution in [0, 0.1) is 5.92 Å². The molecule has 23 heavy (non-hydrogen) atoms. The van der Waals surface area contributed by atoms with Gasteiger partial charge in [0.2, 0.25) is 5.91 Å². The van der Waals surface area contributed by atoms with Crippen LogP contribution in [0.15, 0.2) is 12.3 Å². The molecule has 1 aromatic rings. The molecule has 7 heteroatoms. The molecule has 0 N–H and O–H groups in total. The molecular formula is C16H25N5O2. The van der Waals surface area contributed by atoms with Crippen molar-refractivity contribution in [3.05, 3.63) is 12.3 Å². The molecule has 1 amide bonds. The van der Waals surface area contributed by atoms with Gasteiger partial charge in [0.1, 0.15) is 0 Å². The lowest BCUT2D eigenvalue weighted by Gasteiger charge is -2.37. The first-order valence-corrected chi connectivity index (χ1v) is 8.34. The number of hydrogen-bond donors (Lipinski definition) is 0. The number of carbonyl (C=O) groups excluding carboxylic acids is 1. The number of anilines is 2. The number of ether oxygens (including phenoxy) is 1. The molecular weight excluding hydrogens is 294 g/mol. The predicted molar refractivity (Wildman–Crippen MR) is 88.7 cm³/mol. The smallest absolute Gasteiger partial charge is 0.225 e. The third kappa shape index (κ3) is 3.72. The van der Waals surface area contributed by atoms with Gasteiger partial charge in [-0.05, 0) is 0 Å². The standard InChI is InChI=1S/C16H25N5O2/c1-13(2)16(22)21-5-3-19(4-6-21)14-11-15(18-17-12-14)20-7-9-23-10-8-20/h11-13H,3-10H2,1-2H3. The molecule has 3 rings (SSSR count). The Hall–Kier alpha value is -1.89. The lowest BCUT2D eigenvalue weighted by molar-refractivity contribution is -0.134. The minimum atomic E-state index is 0.0667. The Kier molecular flexibility index (Phi) is 4.95. The summed E-state index contributed by atoms with van der Waals surface area (Å²) in [4.78, 5) is 18.5. The number of aromatic nitrogens is 2. The van der Waals surface area contributed by atoms with Crippen LogP contribution in [0.25, 0.3) is 0 Å². The van der Waals surface area contributed by atoms with Crippen LogP contribution in [0.5, 0.6) is 0 Å². The Morgan fingerprint density at radius 3 is 2.43 bits per heavy atom. The Labute approximate surface area is 137 Å². The molecule has 0 atom stereocenters. The Morgan fingerprint density at radius 2 is 1.78 bits per heavy atom. The summed E-state index contributed by atoms with van der Waals surface area (Å²) in [6, 6.07) is 2.10. The highest BCUT2D eigenvalue weighted by Crippen LogP contribution is 2.21. The van der Waals surface area contributed by atoms with E-state index in [0.29, 0.717) is 0 Å². The molecule has 0 spiro atoms. The van der Waals surface area contributed by atoms with E-state index in [1.165, 1.54) is 0 Å². The summed E-state index contributed by atoms with van der Waals surface area (Å²) in [6.07, 6.45) is 1.81. The van der Waals surface area contributed by atoms with Crippen LogP contribution in [0.4, 0.5) is 11.5 Å². The number of carbonyl (C=O) groups is 1. The molecule has 2 aliphatic heterocycles. The summed E-state index contributed by atoms with van der Waals surface area (Å²) in [5.74, 6) is 1.22. The van der Waals surface area contributed by atoms with Gasteiger partial charge in [0.15, 0.2) is 5.82 Å². The number of nitrogens with zero attached hydrogens (tertiary/aromatic N) is 5. The summed E-state index contributed by atoms with van der Waals surface area (Å²) in [5.41, 5.74) is 1.08. The predicted octanol–water partition coefficient (Wildman–Crippen LogP) is 0.618. The first-order chi connectivity index (χ1) is 11.1.